The molecule has 1 aromatic carbocycles. The molecule has 0 radical (unpaired) electrons. The lowest BCUT2D eigenvalue weighted by atomic mass is 10.1. The summed E-state index contributed by atoms with van der Waals surface area (Å²) < 4.78 is 5.55. The lowest BCUT2D eigenvalue weighted by molar-refractivity contribution is 0.414. The number of nitrogens with one attached hydrogen (secondary N) is 3. The van der Waals surface area contributed by atoms with Gasteiger partial charge in [-0.3, -0.25) is 0 Å². The lowest BCUT2D eigenvalue weighted by Crippen LogP contribution is -2.37. The summed E-state index contributed by atoms with van der Waals surface area (Å²) in [5, 5.41) is 20.6. The minimum atomic E-state index is 0.169. The first-order valence-electron chi connectivity index (χ1n) is 9.56. The van der Waals surface area contributed by atoms with E-state index in [0.29, 0.717) is 12.0 Å². The Balaban J connectivity index is 1.55. The fourth-order valence-electron chi connectivity index (χ4n) is 3.62. The van der Waals surface area contributed by atoms with Crippen LogP contribution >= 0.6 is 0 Å². The molecular formula is C19H26N8O. The third-order valence-electron chi connectivity index (χ3n) is 5.05. The molecule has 148 valence electrons. The zero-order valence-electron chi connectivity index (χ0n) is 16.4. The molecule has 9 nitrogen and oxygen atoms in total. The van der Waals surface area contributed by atoms with Crippen LogP contribution in [0.3, 0.4) is 0 Å². The summed E-state index contributed by atoms with van der Waals surface area (Å²) in [5.41, 5.74) is 2.62. The maximum Gasteiger partial charge on any atom is 0.229 e. The molecule has 4 rings (SSSR count). The number of methoxy groups -OCH3 is 1. The van der Waals surface area contributed by atoms with Gasteiger partial charge in [0.1, 0.15) is 23.3 Å². The van der Waals surface area contributed by atoms with Gasteiger partial charge in [0.05, 0.1) is 13.7 Å². The molecule has 1 unspecified atom stereocenters. The number of hydrogen-bond acceptors (Lipinski definition) is 9. The number of nitrogens with zero attached hydrogens (tertiary/aromatic N) is 5. The highest BCUT2D eigenvalue weighted by molar-refractivity contribution is 5.68. The second-order valence-electron chi connectivity index (χ2n) is 7.04. The van der Waals surface area contributed by atoms with Crippen LogP contribution in [0.5, 0.6) is 5.75 Å². The Morgan fingerprint density at radius 3 is 2.89 bits per heavy atom. The molecule has 9 heteroatoms. The summed E-state index contributed by atoms with van der Waals surface area (Å²) in [6.07, 6.45) is 2.35. The molecular weight excluding hydrogens is 356 g/mol. The highest BCUT2D eigenvalue weighted by atomic mass is 16.5. The predicted octanol–water partition coefficient (Wildman–Crippen LogP) is 2.89. The van der Waals surface area contributed by atoms with Crippen molar-refractivity contribution in [2.45, 2.75) is 31.8 Å². The van der Waals surface area contributed by atoms with E-state index in [1.807, 2.05) is 43.2 Å². The summed E-state index contributed by atoms with van der Waals surface area (Å²) in [6, 6.07) is 8.32. The Bertz CT molecular complexity index is 865. The van der Waals surface area contributed by atoms with Crippen LogP contribution in [-0.4, -0.2) is 49.3 Å². The number of aromatic nitrogens is 2. The van der Waals surface area contributed by atoms with Crippen LogP contribution in [0.25, 0.3) is 0 Å². The summed E-state index contributed by atoms with van der Waals surface area (Å²) in [7, 11) is 3.50. The number of benzene rings is 1. The van der Waals surface area contributed by atoms with Crippen molar-refractivity contribution in [2.75, 3.05) is 42.9 Å². The molecule has 0 spiro atoms. The van der Waals surface area contributed by atoms with Gasteiger partial charge >= 0.3 is 0 Å². The van der Waals surface area contributed by atoms with E-state index >= 15 is 0 Å². The van der Waals surface area contributed by atoms with Crippen molar-refractivity contribution >= 4 is 23.1 Å². The van der Waals surface area contributed by atoms with E-state index in [-0.39, 0.29) is 6.04 Å². The van der Waals surface area contributed by atoms with Gasteiger partial charge < -0.3 is 20.7 Å². The van der Waals surface area contributed by atoms with Gasteiger partial charge in [0, 0.05) is 30.5 Å². The molecule has 2 atom stereocenters. The van der Waals surface area contributed by atoms with Crippen LogP contribution < -0.4 is 25.7 Å². The Morgan fingerprint density at radius 1 is 1.25 bits per heavy atom. The van der Waals surface area contributed by atoms with Crippen molar-refractivity contribution in [3.63, 3.8) is 0 Å². The van der Waals surface area contributed by atoms with Crippen molar-refractivity contribution in [1.29, 1.82) is 0 Å². The van der Waals surface area contributed by atoms with Gasteiger partial charge in [-0.2, -0.15) is 10.1 Å². The zero-order chi connectivity index (χ0) is 19.5. The average molecular weight is 382 g/mol. The molecule has 1 saturated heterocycles. The van der Waals surface area contributed by atoms with Gasteiger partial charge in [-0.1, -0.05) is 5.22 Å². The smallest absolute Gasteiger partial charge is 0.229 e. The van der Waals surface area contributed by atoms with Crippen molar-refractivity contribution in [3.05, 3.63) is 30.0 Å². The van der Waals surface area contributed by atoms with Gasteiger partial charge in [-0.15, -0.1) is 0 Å². The lowest BCUT2D eigenvalue weighted by Gasteiger charge is -2.20. The molecule has 0 amide bonds. The fourth-order valence-corrected chi connectivity index (χ4v) is 3.62. The summed E-state index contributed by atoms with van der Waals surface area (Å²) in [4.78, 5) is 8.91. The molecule has 0 saturated carbocycles. The molecule has 2 aromatic rings. The van der Waals surface area contributed by atoms with Gasteiger partial charge in [-0.25, -0.2) is 9.99 Å². The van der Waals surface area contributed by atoms with Crippen LogP contribution in [0.1, 0.15) is 18.5 Å². The summed E-state index contributed by atoms with van der Waals surface area (Å²) >= 11 is 0. The summed E-state index contributed by atoms with van der Waals surface area (Å²) in [6.45, 7) is 3.74. The number of hydrogen-bond donors (Lipinski definition) is 3. The standard InChI is InChI=1S/C19H26N8O/c1-12-9-18(20-2)24-19(22-12)23-13-6-7-17(28-3)16(10-13)27-11-15(25-26-27)14-5-4-8-21-14/h6-7,9-10,14-15,21H,4-5,8,11H2,1-3H3,(H2,20,22,23,24)/t14-,15?/m1/s1. The highest BCUT2D eigenvalue weighted by Gasteiger charge is 2.31. The van der Waals surface area contributed by atoms with Crippen LogP contribution in [0.2, 0.25) is 0 Å². The van der Waals surface area contributed by atoms with Crippen molar-refractivity contribution in [3.8, 4) is 5.75 Å². The maximum atomic E-state index is 5.55. The largest absolute Gasteiger partial charge is 0.495 e. The first-order valence-corrected chi connectivity index (χ1v) is 9.56. The average Bonchev–Trinajstić information content (AvgIpc) is 3.39. The minimum Gasteiger partial charge on any atom is -0.495 e. The molecule has 3 N–H and O–H groups in total. The predicted molar refractivity (Wildman–Crippen MR) is 110 cm³/mol. The Morgan fingerprint density at radius 2 is 2.14 bits per heavy atom. The molecule has 3 heterocycles. The topological polar surface area (TPSA) is 99.1 Å². The monoisotopic (exact) mass is 382 g/mol. The summed E-state index contributed by atoms with van der Waals surface area (Å²) in [5.74, 6) is 2.06. The third-order valence-corrected chi connectivity index (χ3v) is 5.05. The van der Waals surface area contributed by atoms with Gasteiger partial charge in [0.2, 0.25) is 5.95 Å². The van der Waals surface area contributed by atoms with Crippen molar-refractivity contribution in [2.24, 2.45) is 10.3 Å². The SMILES string of the molecule is CNc1cc(C)nc(Nc2ccc(OC)c(N3CC([C@H]4CCCN4)N=N3)c2)n1. The van der Waals surface area contributed by atoms with Crippen LogP contribution in [0, 0.1) is 6.92 Å². The number of rotatable bonds is 6. The number of anilines is 4. The Kier molecular flexibility index (Phi) is 5.25. The number of ether oxygens (including phenoxy) is 1. The van der Waals surface area contributed by atoms with Gasteiger partial charge in [-0.05, 0) is 44.5 Å². The Labute approximate surface area is 164 Å². The molecule has 28 heavy (non-hydrogen) atoms. The van der Waals surface area contributed by atoms with Crippen LogP contribution in [-0.2, 0) is 0 Å². The van der Waals surface area contributed by atoms with E-state index in [2.05, 4.69) is 36.3 Å². The van der Waals surface area contributed by atoms with E-state index in [4.69, 9.17) is 4.74 Å². The fraction of sp³-hybridized carbons (Fsp3) is 0.474. The second kappa shape index (κ2) is 7.97. The van der Waals surface area contributed by atoms with E-state index in [0.717, 1.165) is 48.1 Å². The van der Waals surface area contributed by atoms with Crippen molar-refractivity contribution in [1.82, 2.24) is 15.3 Å². The van der Waals surface area contributed by atoms with E-state index in [1.54, 1.807) is 7.11 Å². The number of aryl methyl sites for hydroxylation is 1. The first kappa shape index (κ1) is 18.4. The molecule has 2 aliphatic rings. The zero-order valence-corrected chi connectivity index (χ0v) is 16.4. The molecule has 0 aliphatic carbocycles. The third kappa shape index (κ3) is 3.84. The first-order chi connectivity index (χ1) is 13.7. The van der Waals surface area contributed by atoms with Crippen LogP contribution in [0.15, 0.2) is 34.6 Å². The molecule has 2 aliphatic heterocycles. The molecule has 1 aromatic heterocycles. The van der Waals surface area contributed by atoms with E-state index < -0.39 is 0 Å². The van der Waals surface area contributed by atoms with E-state index in [1.165, 1.54) is 6.42 Å². The normalized spacial score (nSPS) is 21.2. The van der Waals surface area contributed by atoms with Gasteiger partial charge in [0.25, 0.3) is 0 Å². The Hall–Kier alpha value is -2.94. The maximum absolute atomic E-state index is 5.55. The molecule has 0 bridgehead atoms. The van der Waals surface area contributed by atoms with Crippen LogP contribution in [0.4, 0.5) is 23.1 Å². The minimum absolute atomic E-state index is 0.169. The quantitative estimate of drug-likeness (QED) is 0.706. The second-order valence-corrected chi connectivity index (χ2v) is 7.04. The molecule has 1 fully saturated rings. The van der Waals surface area contributed by atoms with Crippen molar-refractivity contribution < 1.29 is 4.74 Å². The van der Waals surface area contributed by atoms with Gasteiger partial charge in [0.15, 0.2) is 0 Å². The highest BCUT2D eigenvalue weighted by Crippen LogP contribution is 2.35. The van der Waals surface area contributed by atoms with E-state index in [9.17, 15) is 0 Å².